The summed E-state index contributed by atoms with van der Waals surface area (Å²) in [5.74, 6) is -0.0377. The molecule has 1 spiro atoms. The van der Waals surface area contributed by atoms with Crippen LogP contribution in [0.3, 0.4) is 0 Å². The number of pyridine rings is 2. The van der Waals surface area contributed by atoms with Crippen LogP contribution in [0.1, 0.15) is 47.4 Å². The average molecular weight is 394 g/mol. The average Bonchev–Trinajstić information content (AvgIpc) is 2.72. The summed E-state index contributed by atoms with van der Waals surface area (Å²) in [6.45, 7) is 4.25. The molecule has 0 saturated carbocycles. The molecule has 2 saturated heterocycles. The molecule has 2 aliphatic rings. The van der Waals surface area contributed by atoms with Gasteiger partial charge in [-0.1, -0.05) is 6.07 Å². The van der Waals surface area contributed by atoms with Crippen LogP contribution in [0.5, 0.6) is 0 Å². The summed E-state index contributed by atoms with van der Waals surface area (Å²) in [5, 5.41) is 0. The van der Waals surface area contributed by atoms with Crippen LogP contribution < -0.4 is 5.43 Å². The normalized spacial score (nSPS) is 18.9. The van der Waals surface area contributed by atoms with Gasteiger partial charge in [0.25, 0.3) is 5.91 Å². The molecule has 2 amide bonds. The van der Waals surface area contributed by atoms with E-state index < -0.39 is 0 Å². The second kappa shape index (κ2) is 7.81. The Morgan fingerprint density at radius 1 is 1.21 bits per heavy atom. The first-order valence-electron chi connectivity index (χ1n) is 10.1. The number of carbonyl (C=O) groups is 2. The number of hydrogen-bond donors (Lipinski definition) is 1. The molecule has 2 aromatic rings. The third-order valence-electron chi connectivity index (χ3n) is 6.23. The van der Waals surface area contributed by atoms with Crippen LogP contribution >= 0.6 is 0 Å². The fourth-order valence-corrected chi connectivity index (χ4v) is 4.44. The molecule has 0 aromatic carbocycles. The molecule has 0 radical (unpaired) electrons. The zero-order valence-corrected chi connectivity index (χ0v) is 16.7. The van der Waals surface area contributed by atoms with Crippen molar-refractivity contribution in [3.63, 3.8) is 0 Å². The lowest BCUT2D eigenvalue weighted by Crippen LogP contribution is -2.52. The van der Waals surface area contributed by atoms with Gasteiger partial charge in [-0.25, -0.2) is 0 Å². The van der Waals surface area contributed by atoms with Crippen molar-refractivity contribution in [1.82, 2.24) is 19.8 Å². The Morgan fingerprint density at radius 2 is 2.00 bits per heavy atom. The topological polar surface area (TPSA) is 86.4 Å². The molecule has 4 heterocycles. The smallest absolute Gasteiger partial charge is 0.259 e. The van der Waals surface area contributed by atoms with Crippen LogP contribution in [0.4, 0.5) is 0 Å². The lowest BCUT2D eigenvalue weighted by Gasteiger charge is -2.47. The van der Waals surface area contributed by atoms with Crippen molar-refractivity contribution in [1.29, 1.82) is 0 Å². The summed E-state index contributed by atoms with van der Waals surface area (Å²) < 4.78 is 0. The molecular weight excluding hydrogens is 368 g/mol. The molecule has 2 aliphatic heterocycles. The van der Waals surface area contributed by atoms with Gasteiger partial charge in [-0.15, -0.1) is 0 Å². The number of H-pyrrole nitrogens is 1. The highest BCUT2D eigenvalue weighted by molar-refractivity contribution is 5.93. The van der Waals surface area contributed by atoms with Crippen LogP contribution in [0, 0.1) is 12.3 Å². The van der Waals surface area contributed by atoms with E-state index in [-0.39, 0.29) is 28.2 Å². The zero-order valence-electron chi connectivity index (χ0n) is 16.7. The third kappa shape index (κ3) is 4.09. The molecule has 0 unspecified atom stereocenters. The van der Waals surface area contributed by atoms with E-state index in [1.54, 1.807) is 18.0 Å². The Bertz CT molecular complexity index is 962. The molecule has 1 N–H and O–H groups in total. The minimum absolute atomic E-state index is 0.0408. The number of aromatic nitrogens is 2. The van der Waals surface area contributed by atoms with Crippen molar-refractivity contribution >= 4 is 11.8 Å². The Kier molecular flexibility index (Phi) is 5.22. The summed E-state index contributed by atoms with van der Waals surface area (Å²) in [6.07, 6.45) is 6.34. The second-order valence-corrected chi connectivity index (χ2v) is 8.26. The first-order chi connectivity index (χ1) is 14.0. The Hall–Kier alpha value is -2.96. The van der Waals surface area contributed by atoms with Crippen molar-refractivity contribution in [2.24, 2.45) is 5.41 Å². The predicted molar refractivity (Wildman–Crippen MR) is 108 cm³/mol. The van der Waals surface area contributed by atoms with Gasteiger partial charge in [0.1, 0.15) is 5.56 Å². The molecular formula is C22H26N4O3. The minimum Gasteiger partial charge on any atom is -0.364 e. The van der Waals surface area contributed by atoms with Crippen LogP contribution in [0.15, 0.2) is 41.5 Å². The van der Waals surface area contributed by atoms with E-state index >= 15 is 0 Å². The summed E-state index contributed by atoms with van der Waals surface area (Å²) in [7, 11) is 0. The number of aromatic amines is 1. The standard InChI is InChI=1S/C22H26N4O3/c1-16-12-19(27)18(13-24-16)21(29)25-10-7-22(8-11-25)6-5-20(28)26(15-22)14-17-4-2-3-9-23-17/h2-4,9,12-13H,5-8,10-11,14-15H2,1H3,(H,24,27). The molecule has 29 heavy (non-hydrogen) atoms. The molecule has 2 fully saturated rings. The van der Waals surface area contributed by atoms with Crippen molar-refractivity contribution in [2.75, 3.05) is 19.6 Å². The monoisotopic (exact) mass is 394 g/mol. The van der Waals surface area contributed by atoms with E-state index in [0.29, 0.717) is 32.6 Å². The lowest BCUT2D eigenvalue weighted by atomic mass is 9.72. The van der Waals surface area contributed by atoms with Crippen LogP contribution in [0.25, 0.3) is 0 Å². The molecule has 7 nitrogen and oxygen atoms in total. The largest absolute Gasteiger partial charge is 0.364 e. The maximum Gasteiger partial charge on any atom is 0.259 e. The number of amides is 2. The zero-order chi connectivity index (χ0) is 20.4. The first kappa shape index (κ1) is 19.4. The van der Waals surface area contributed by atoms with Crippen molar-refractivity contribution in [2.45, 2.75) is 39.2 Å². The SMILES string of the molecule is Cc1cc(=O)c(C(=O)N2CCC3(CCC(=O)N(Cc4ccccn4)C3)CC2)c[nH]1. The van der Waals surface area contributed by atoms with E-state index in [4.69, 9.17) is 0 Å². The highest BCUT2D eigenvalue weighted by Gasteiger charge is 2.42. The summed E-state index contributed by atoms with van der Waals surface area (Å²) in [4.78, 5) is 48.4. The number of likely N-dealkylation sites (tertiary alicyclic amines) is 2. The minimum atomic E-state index is -0.240. The number of carbonyl (C=O) groups excluding carboxylic acids is 2. The molecule has 0 atom stereocenters. The van der Waals surface area contributed by atoms with Gasteiger partial charge in [0, 0.05) is 50.2 Å². The fraction of sp³-hybridized carbons (Fsp3) is 0.455. The van der Waals surface area contributed by atoms with E-state index in [1.807, 2.05) is 23.1 Å². The van der Waals surface area contributed by atoms with Crippen LogP contribution in [0.2, 0.25) is 0 Å². The van der Waals surface area contributed by atoms with Gasteiger partial charge >= 0.3 is 0 Å². The number of nitrogens with one attached hydrogen (secondary N) is 1. The molecule has 0 aliphatic carbocycles. The summed E-state index contributed by atoms with van der Waals surface area (Å²) in [6, 6.07) is 7.20. The van der Waals surface area contributed by atoms with E-state index in [1.165, 1.54) is 12.3 Å². The van der Waals surface area contributed by atoms with Gasteiger partial charge in [-0.2, -0.15) is 0 Å². The highest BCUT2D eigenvalue weighted by Crippen LogP contribution is 2.40. The highest BCUT2D eigenvalue weighted by atomic mass is 16.2. The van der Waals surface area contributed by atoms with Crippen molar-refractivity contribution in [3.05, 3.63) is 63.8 Å². The van der Waals surface area contributed by atoms with E-state index in [2.05, 4.69) is 9.97 Å². The molecule has 2 aromatic heterocycles. The van der Waals surface area contributed by atoms with Crippen molar-refractivity contribution < 1.29 is 9.59 Å². The predicted octanol–water partition coefficient (Wildman–Crippen LogP) is 2.12. The van der Waals surface area contributed by atoms with Gasteiger partial charge in [-0.3, -0.25) is 19.4 Å². The Balaban J connectivity index is 1.42. The van der Waals surface area contributed by atoms with Crippen LogP contribution in [-0.4, -0.2) is 51.2 Å². The third-order valence-corrected chi connectivity index (χ3v) is 6.23. The van der Waals surface area contributed by atoms with Gasteiger partial charge in [0.2, 0.25) is 5.91 Å². The van der Waals surface area contributed by atoms with Crippen LogP contribution in [-0.2, 0) is 11.3 Å². The second-order valence-electron chi connectivity index (χ2n) is 8.26. The van der Waals surface area contributed by atoms with Gasteiger partial charge in [0.15, 0.2) is 5.43 Å². The lowest BCUT2D eigenvalue weighted by molar-refractivity contribution is -0.139. The number of rotatable bonds is 3. The van der Waals surface area contributed by atoms with Gasteiger partial charge < -0.3 is 14.8 Å². The maximum atomic E-state index is 12.8. The molecule has 7 heteroatoms. The first-order valence-corrected chi connectivity index (χ1v) is 10.1. The van der Waals surface area contributed by atoms with E-state index in [0.717, 1.165) is 30.7 Å². The Labute approximate surface area is 169 Å². The van der Waals surface area contributed by atoms with E-state index in [9.17, 15) is 14.4 Å². The molecule has 4 rings (SSSR count). The maximum absolute atomic E-state index is 12.8. The fourth-order valence-electron chi connectivity index (χ4n) is 4.44. The number of piperidine rings is 2. The Morgan fingerprint density at radius 3 is 2.69 bits per heavy atom. The van der Waals surface area contributed by atoms with Crippen molar-refractivity contribution in [3.8, 4) is 0 Å². The van der Waals surface area contributed by atoms with Gasteiger partial charge in [-0.05, 0) is 43.7 Å². The molecule has 152 valence electrons. The quantitative estimate of drug-likeness (QED) is 0.864. The number of hydrogen-bond acceptors (Lipinski definition) is 4. The summed E-state index contributed by atoms with van der Waals surface area (Å²) >= 11 is 0. The van der Waals surface area contributed by atoms with Gasteiger partial charge in [0.05, 0.1) is 12.2 Å². The number of aryl methyl sites for hydroxylation is 1. The number of nitrogens with zero attached hydrogens (tertiary/aromatic N) is 3. The molecule has 0 bridgehead atoms. The summed E-state index contributed by atoms with van der Waals surface area (Å²) in [5.41, 5.74) is 1.63.